The summed E-state index contributed by atoms with van der Waals surface area (Å²) in [6.45, 7) is 0.621. The third-order valence-corrected chi connectivity index (χ3v) is 5.70. The first-order valence-electron chi connectivity index (χ1n) is 8.78. The standard InChI is InChI=1S/C17H26N2O4/c1-23-17(22)14-9-12(11-5-3-2-4-6-11)10-19(14)16(21)13-7-8-15(20)18-13/h11-14H,2-10H2,1H3,(H,18,20)/t12-,13-,14+/m1/s1. The van der Waals surface area contributed by atoms with Gasteiger partial charge in [0.2, 0.25) is 11.8 Å². The molecule has 0 spiro atoms. The Bertz CT molecular complexity index is 487. The summed E-state index contributed by atoms with van der Waals surface area (Å²) in [5.74, 6) is 0.443. The largest absolute Gasteiger partial charge is 0.467 e. The second kappa shape index (κ2) is 6.89. The highest BCUT2D eigenvalue weighted by molar-refractivity contribution is 5.93. The number of nitrogens with zero attached hydrogens (tertiary/aromatic N) is 1. The quantitative estimate of drug-likeness (QED) is 0.793. The van der Waals surface area contributed by atoms with Crippen molar-refractivity contribution >= 4 is 17.8 Å². The highest BCUT2D eigenvalue weighted by Gasteiger charge is 2.45. The number of nitrogens with one attached hydrogen (secondary N) is 1. The molecule has 0 bridgehead atoms. The van der Waals surface area contributed by atoms with Crippen molar-refractivity contribution in [1.29, 1.82) is 0 Å². The molecule has 0 radical (unpaired) electrons. The number of carbonyl (C=O) groups excluding carboxylic acids is 3. The van der Waals surface area contributed by atoms with E-state index in [2.05, 4.69) is 5.32 Å². The average Bonchev–Trinajstić information content (AvgIpc) is 3.21. The van der Waals surface area contributed by atoms with Crippen LogP contribution in [0.3, 0.4) is 0 Å². The van der Waals surface area contributed by atoms with E-state index < -0.39 is 12.1 Å². The SMILES string of the molecule is COC(=O)[C@@H]1C[C@@H](C2CCCCC2)CN1C(=O)[C@H]1CCC(=O)N1. The molecule has 1 N–H and O–H groups in total. The molecule has 23 heavy (non-hydrogen) atoms. The molecule has 0 aromatic carbocycles. The maximum absolute atomic E-state index is 12.8. The molecule has 2 saturated heterocycles. The molecule has 3 aliphatic rings. The van der Waals surface area contributed by atoms with Crippen LogP contribution in [0.1, 0.15) is 51.4 Å². The molecule has 1 aliphatic carbocycles. The summed E-state index contributed by atoms with van der Waals surface area (Å²) >= 11 is 0. The summed E-state index contributed by atoms with van der Waals surface area (Å²) in [6.07, 6.45) is 7.79. The summed E-state index contributed by atoms with van der Waals surface area (Å²) in [4.78, 5) is 37.9. The summed E-state index contributed by atoms with van der Waals surface area (Å²) in [6, 6.07) is -0.961. The van der Waals surface area contributed by atoms with Crippen LogP contribution in [0.2, 0.25) is 0 Å². The van der Waals surface area contributed by atoms with Crippen LogP contribution in [0.25, 0.3) is 0 Å². The van der Waals surface area contributed by atoms with Crippen molar-refractivity contribution in [3.8, 4) is 0 Å². The fourth-order valence-corrected chi connectivity index (χ4v) is 4.42. The van der Waals surface area contributed by atoms with E-state index in [-0.39, 0.29) is 17.8 Å². The first-order valence-corrected chi connectivity index (χ1v) is 8.78. The lowest BCUT2D eigenvalue weighted by Crippen LogP contribution is -2.49. The zero-order chi connectivity index (χ0) is 16.4. The van der Waals surface area contributed by atoms with Crippen LogP contribution in [0, 0.1) is 11.8 Å². The lowest BCUT2D eigenvalue weighted by atomic mass is 9.79. The molecule has 0 aromatic rings. The smallest absolute Gasteiger partial charge is 0.328 e. The van der Waals surface area contributed by atoms with Gasteiger partial charge in [0, 0.05) is 13.0 Å². The van der Waals surface area contributed by atoms with Crippen LogP contribution in [0.15, 0.2) is 0 Å². The van der Waals surface area contributed by atoms with E-state index in [1.165, 1.54) is 39.2 Å². The zero-order valence-electron chi connectivity index (χ0n) is 13.8. The molecule has 3 rings (SSSR count). The summed E-state index contributed by atoms with van der Waals surface area (Å²) in [5.41, 5.74) is 0. The summed E-state index contributed by atoms with van der Waals surface area (Å²) in [7, 11) is 1.37. The van der Waals surface area contributed by atoms with Crippen molar-refractivity contribution in [2.75, 3.05) is 13.7 Å². The Morgan fingerprint density at radius 1 is 1.13 bits per heavy atom. The Morgan fingerprint density at radius 2 is 1.87 bits per heavy atom. The van der Waals surface area contributed by atoms with Crippen LogP contribution in [-0.2, 0) is 19.1 Å². The van der Waals surface area contributed by atoms with E-state index in [0.29, 0.717) is 37.6 Å². The van der Waals surface area contributed by atoms with Crippen LogP contribution in [0.5, 0.6) is 0 Å². The maximum Gasteiger partial charge on any atom is 0.328 e. The van der Waals surface area contributed by atoms with Crippen molar-refractivity contribution in [2.24, 2.45) is 11.8 Å². The minimum atomic E-state index is -0.489. The van der Waals surface area contributed by atoms with E-state index in [9.17, 15) is 14.4 Å². The normalized spacial score (nSPS) is 32.0. The monoisotopic (exact) mass is 322 g/mol. The highest BCUT2D eigenvalue weighted by Crippen LogP contribution is 2.38. The van der Waals surface area contributed by atoms with Gasteiger partial charge in [0.15, 0.2) is 0 Å². The van der Waals surface area contributed by atoms with E-state index in [1.54, 1.807) is 4.90 Å². The number of amides is 2. The van der Waals surface area contributed by atoms with Crippen LogP contribution in [-0.4, -0.2) is 48.4 Å². The first-order chi connectivity index (χ1) is 11.1. The van der Waals surface area contributed by atoms with E-state index in [0.717, 1.165) is 0 Å². The van der Waals surface area contributed by atoms with Gasteiger partial charge in [0.25, 0.3) is 0 Å². The minimum absolute atomic E-state index is 0.0824. The third-order valence-electron chi connectivity index (χ3n) is 5.70. The Labute approximate surface area is 136 Å². The van der Waals surface area contributed by atoms with Crippen LogP contribution in [0.4, 0.5) is 0 Å². The van der Waals surface area contributed by atoms with Crippen molar-refractivity contribution < 1.29 is 19.1 Å². The molecule has 6 nitrogen and oxygen atoms in total. The molecule has 128 valence electrons. The van der Waals surface area contributed by atoms with Crippen LogP contribution >= 0.6 is 0 Å². The van der Waals surface area contributed by atoms with Crippen molar-refractivity contribution in [3.63, 3.8) is 0 Å². The van der Waals surface area contributed by atoms with Gasteiger partial charge in [0.05, 0.1) is 7.11 Å². The summed E-state index contributed by atoms with van der Waals surface area (Å²) < 4.78 is 4.91. The molecule has 2 heterocycles. The number of hydrogen-bond acceptors (Lipinski definition) is 4. The Morgan fingerprint density at radius 3 is 2.48 bits per heavy atom. The average molecular weight is 322 g/mol. The molecule has 2 aliphatic heterocycles. The number of rotatable bonds is 3. The van der Waals surface area contributed by atoms with Gasteiger partial charge in [-0.15, -0.1) is 0 Å². The van der Waals surface area contributed by atoms with Crippen molar-refractivity contribution in [2.45, 2.75) is 63.5 Å². The number of likely N-dealkylation sites (tertiary alicyclic amines) is 1. The third kappa shape index (κ3) is 3.35. The molecule has 6 heteroatoms. The van der Waals surface area contributed by atoms with E-state index in [4.69, 9.17) is 4.74 Å². The van der Waals surface area contributed by atoms with Gasteiger partial charge in [-0.2, -0.15) is 0 Å². The second-order valence-corrected chi connectivity index (χ2v) is 7.08. The first kappa shape index (κ1) is 16.3. The summed E-state index contributed by atoms with van der Waals surface area (Å²) in [5, 5.41) is 2.72. The number of hydrogen-bond donors (Lipinski definition) is 1. The number of ether oxygens (including phenoxy) is 1. The van der Waals surface area contributed by atoms with Crippen LogP contribution < -0.4 is 5.32 Å². The molecule has 0 aromatic heterocycles. The number of esters is 1. The lowest BCUT2D eigenvalue weighted by molar-refractivity contribution is -0.151. The Balaban J connectivity index is 1.71. The van der Waals surface area contributed by atoms with Gasteiger partial charge in [-0.25, -0.2) is 4.79 Å². The fraction of sp³-hybridized carbons (Fsp3) is 0.824. The number of carbonyl (C=O) groups is 3. The zero-order valence-corrected chi connectivity index (χ0v) is 13.8. The molecule has 3 atom stereocenters. The predicted molar refractivity (Wildman–Crippen MR) is 83.4 cm³/mol. The molecule has 1 saturated carbocycles. The van der Waals surface area contributed by atoms with Gasteiger partial charge in [-0.3, -0.25) is 9.59 Å². The molecular weight excluding hydrogens is 296 g/mol. The fourth-order valence-electron chi connectivity index (χ4n) is 4.42. The van der Waals surface area contributed by atoms with Crippen molar-refractivity contribution in [3.05, 3.63) is 0 Å². The minimum Gasteiger partial charge on any atom is -0.467 e. The van der Waals surface area contributed by atoms with Gasteiger partial charge in [0.1, 0.15) is 12.1 Å². The van der Waals surface area contributed by atoms with Gasteiger partial charge in [-0.05, 0) is 24.7 Å². The highest BCUT2D eigenvalue weighted by atomic mass is 16.5. The van der Waals surface area contributed by atoms with Gasteiger partial charge >= 0.3 is 5.97 Å². The molecule has 3 fully saturated rings. The molecule has 0 unspecified atom stereocenters. The number of methoxy groups -OCH3 is 1. The van der Waals surface area contributed by atoms with Crippen molar-refractivity contribution in [1.82, 2.24) is 10.2 Å². The molecule has 2 amide bonds. The maximum atomic E-state index is 12.8. The van der Waals surface area contributed by atoms with Gasteiger partial charge in [-0.1, -0.05) is 32.1 Å². The topological polar surface area (TPSA) is 75.7 Å². The molecular formula is C17H26N2O4. The Hall–Kier alpha value is -1.59. The second-order valence-electron chi connectivity index (χ2n) is 7.08. The van der Waals surface area contributed by atoms with E-state index in [1.807, 2.05) is 0 Å². The predicted octanol–water partition coefficient (Wildman–Crippen LogP) is 1.24. The van der Waals surface area contributed by atoms with E-state index >= 15 is 0 Å². The lowest BCUT2D eigenvalue weighted by Gasteiger charge is -2.28. The Kier molecular flexibility index (Phi) is 4.87. The van der Waals surface area contributed by atoms with Gasteiger partial charge < -0.3 is 15.0 Å².